The maximum atomic E-state index is 13.3. The van der Waals surface area contributed by atoms with E-state index in [1.807, 2.05) is 18.2 Å². The topological polar surface area (TPSA) is 99.7 Å². The van der Waals surface area contributed by atoms with Crippen LogP contribution < -0.4 is 5.73 Å². The van der Waals surface area contributed by atoms with E-state index in [1.54, 1.807) is 22.5 Å². The molecule has 1 fully saturated rings. The number of pyridine rings is 1. The first-order valence-electron chi connectivity index (χ1n) is 8.84. The Morgan fingerprint density at radius 2 is 1.93 bits per heavy atom. The van der Waals surface area contributed by atoms with Crippen LogP contribution in [-0.2, 0) is 6.54 Å². The molecule has 0 saturated carbocycles. The average Bonchev–Trinajstić information content (AvgIpc) is 2.99. The maximum Gasteiger partial charge on any atom is 0.267 e. The van der Waals surface area contributed by atoms with Gasteiger partial charge in [0.25, 0.3) is 5.91 Å². The van der Waals surface area contributed by atoms with Crippen molar-refractivity contribution in [3.63, 3.8) is 0 Å². The Bertz CT molecular complexity index is 1060. The van der Waals surface area contributed by atoms with E-state index in [9.17, 15) is 18.3 Å². The molecule has 146 valence electrons. The van der Waals surface area contributed by atoms with Crippen LogP contribution in [0.25, 0.3) is 22.0 Å². The Morgan fingerprint density at radius 1 is 1.18 bits per heavy atom. The first-order chi connectivity index (χ1) is 13.3. The molecule has 2 aromatic carbocycles. The molecule has 0 atom stereocenters. The fourth-order valence-corrected chi connectivity index (χ4v) is 5.01. The van der Waals surface area contributed by atoms with Crippen molar-refractivity contribution in [2.75, 3.05) is 12.3 Å². The number of carbonyl (C=O) groups excluding carboxylic acids is 1. The summed E-state index contributed by atoms with van der Waals surface area (Å²) in [7, 11) is -2.71. The van der Waals surface area contributed by atoms with E-state index in [1.165, 1.54) is 12.1 Å². The van der Waals surface area contributed by atoms with Gasteiger partial charge < -0.3 is 5.73 Å². The summed E-state index contributed by atoms with van der Waals surface area (Å²) in [5.41, 5.74) is 8.48. The number of aromatic nitrogens is 1. The molecule has 4 N–H and O–H groups in total. The molecule has 2 heterocycles. The lowest BCUT2D eigenvalue weighted by atomic mass is 9.98. The summed E-state index contributed by atoms with van der Waals surface area (Å²) in [6, 6.07) is 13.2. The number of carbonyl (C=O) groups is 1. The lowest BCUT2D eigenvalue weighted by Crippen LogP contribution is -2.22. The normalized spacial score (nSPS) is 17.7. The van der Waals surface area contributed by atoms with E-state index in [4.69, 9.17) is 5.73 Å². The van der Waals surface area contributed by atoms with Crippen LogP contribution in [0.1, 0.15) is 22.5 Å². The number of rotatable bonds is 4. The van der Waals surface area contributed by atoms with E-state index in [0.29, 0.717) is 24.4 Å². The van der Waals surface area contributed by atoms with Crippen LogP contribution in [0.2, 0.25) is 0 Å². The minimum atomic E-state index is -2.71. The summed E-state index contributed by atoms with van der Waals surface area (Å²) in [6.45, 7) is 1.00. The predicted molar refractivity (Wildman–Crippen MR) is 108 cm³/mol. The highest BCUT2D eigenvalue weighted by atomic mass is 32.3. The van der Waals surface area contributed by atoms with E-state index >= 15 is 0 Å². The minimum Gasteiger partial charge on any atom is -0.364 e. The third-order valence-corrected chi connectivity index (χ3v) is 6.86. The predicted octanol–water partition coefficient (Wildman–Crippen LogP) is 4.01. The molecule has 0 bridgehead atoms. The molecular formula is C20H20FN3O3S. The van der Waals surface area contributed by atoms with Gasteiger partial charge in [0.1, 0.15) is 11.5 Å². The number of hydrogen-bond acceptors (Lipinski definition) is 5. The van der Waals surface area contributed by atoms with Gasteiger partial charge >= 0.3 is 0 Å². The second-order valence-electron chi connectivity index (χ2n) is 6.83. The Morgan fingerprint density at radius 3 is 2.57 bits per heavy atom. The molecule has 4 rings (SSSR count). The van der Waals surface area contributed by atoms with Crippen molar-refractivity contribution < 1.29 is 18.3 Å². The van der Waals surface area contributed by atoms with E-state index in [0.717, 1.165) is 28.5 Å². The summed E-state index contributed by atoms with van der Waals surface area (Å²) in [5, 5.41) is 0.799. The quantitative estimate of drug-likeness (QED) is 0.613. The molecule has 3 aromatic rings. The van der Waals surface area contributed by atoms with E-state index in [2.05, 4.69) is 4.98 Å². The molecule has 0 radical (unpaired) electrons. The largest absolute Gasteiger partial charge is 0.364 e. The first-order valence-corrected chi connectivity index (χ1v) is 10.5. The third-order valence-electron chi connectivity index (χ3n) is 4.88. The Labute approximate surface area is 163 Å². The SMILES string of the molecule is NC(=O)c1cc(-c2ccc(F)cc2)c2ccc(CN3CCCS3(O)O)cc2n1. The van der Waals surface area contributed by atoms with Crippen molar-refractivity contribution in [3.8, 4) is 11.1 Å². The van der Waals surface area contributed by atoms with Crippen LogP contribution in [0.3, 0.4) is 0 Å². The van der Waals surface area contributed by atoms with Gasteiger partial charge in [0.05, 0.1) is 11.3 Å². The molecule has 8 heteroatoms. The summed E-state index contributed by atoms with van der Waals surface area (Å²) in [4.78, 5) is 16.1. The summed E-state index contributed by atoms with van der Waals surface area (Å²) in [5.74, 6) is -0.604. The zero-order valence-electron chi connectivity index (χ0n) is 15.0. The van der Waals surface area contributed by atoms with Crippen LogP contribution in [-0.4, -0.2) is 36.6 Å². The molecule has 1 aliphatic rings. The van der Waals surface area contributed by atoms with Gasteiger partial charge in [0, 0.05) is 18.5 Å². The third kappa shape index (κ3) is 3.59. The second-order valence-corrected chi connectivity index (χ2v) is 9.02. The van der Waals surface area contributed by atoms with E-state index in [-0.39, 0.29) is 11.5 Å². The molecule has 1 aromatic heterocycles. The molecule has 0 unspecified atom stereocenters. The Balaban J connectivity index is 1.80. The maximum absolute atomic E-state index is 13.3. The van der Waals surface area contributed by atoms with Gasteiger partial charge in [-0.1, -0.05) is 24.3 Å². The molecule has 1 amide bonds. The number of primary amides is 1. The number of benzene rings is 2. The van der Waals surface area contributed by atoms with Crippen molar-refractivity contribution in [2.24, 2.45) is 5.73 Å². The van der Waals surface area contributed by atoms with Gasteiger partial charge in [-0.25, -0.2) is 13.7 Å². The lowest BCUT2D eigenvalue weighted by molar-refractivity contribution is 0.0996. The monoisotopic (exact) mass is 401 g/mol. The zero-order chi connectivity index (χ0) is 19.9. The van der Waals surface area contributed by atoms with Gasteiger partial charge in [-0.3, -0.25) is 13.9 Å². The number of hydrogen-bond donors (Lipinski definition) is 3. The molecule has 6 nitrogen and oxygen atoms in total. The summed E-state index contributed by atoms with van der Waals surface area (Å²) >= 11 is 0. The Hall–Kier alpha value is -2.52. The van der Waals surface area contributed by atoms with E-state index < -0.39 is 16.7 Å². The molecular weight excluding hydrogens is 381 g/mol. The highest BCUT2D eigenvalue weighted by molar-refractivity contribution is 8.22. The van der Waals surface area contributed by atoms with Gasteiger partial charge in [0.15, 0.2) is 0 Å². The molecule has 1 saturated heterocycles. The average molecular weight is 401 g/mol. The number of nitrogens with two attached hydrogens (primary N) is 1. The van der Waals surface area contributed by atoms with Gasteiger partial charge in [-0.2, -0.15) is 0 Å². The summed E-state index contributed by atoms with van der Waals surface area (Å²) < 4.78 is 35.2. The number of halogens is 1. The van der Waals surface area contributed by atoms with Gasteiger partial charge in [-0.15, -0.1) is 10.8 Å². The van der Waals surface area contributed by atoms with Crippen LogP contribution >= 0.6 is 10.8 Å². The Kier molecular flexibility index (Phi) is 4.80. The van der Waals surface area contributed by atoms with Crippen molar-refractivity contribution in [1.29, 1.82) is 0 Å². The highest BCUT2D eigenvalue weighted by Crippen LogP contribution is 2.49. The van der Waals surface area contributed by atoms with Crippen LogP contribution in [0.5, 0.6) is 0 Å². The highest BCUT2D eigenvalue weighted by Gasteiger charge is 2.28. The van der Waals surface area contributed by atoms with Crippen LogP contribution in [0, 0.1) is 5.82 Å². The molecule has 28 heavy (non-hydrogen) atoms. The standard InChI is InChI=1S/C20H20FN3O3S/c21-15-5-3-14(4-6-15)17-11-19(20(22)25)23-18-10-13(2-7-16(17)18)12-24-8-1-9-28(24,26)27/h2-7,10-11,26-27H,1,8-9,12H2,(H2,22,25). The smallest absolute Gasteiger partial charge is 0.267 e. The minimum absolute atomic E-state index is 0.120. The molecule has 0 aliphatic carbocycles. The number of fused-ring (bicyclic) bond motifs is 1. The summed E-state index contributed by atoms with van der Waals surface area (Å²) in [6.07, 6.45) is 0.745. The first kappa shape index (κ1) is 18.8. The van der Waals surface area contributed by atoms with Crippen LogP contribution in [0.4, 0.5) is 4.39 Å². The lowest BCUT2D eigenvalue weighted by Gasteiger charge is -2.36. The van der Waals surface area contributed by atoms with Gasteiger partial charge in [-0.05, 0) is 47.4 Å². The van der Waals surface area contributed by atoms with Crippen molar-refractivity contribution in [2.45, 2.75) is 13.0 Å². The number of amides is 1. The number of nitrogens with zero attached hydrogens (tertiary/aromatic N) is 2. The van der Waals surface area contributed by atoms with Crippen molar-refractivity contribution in [3.05, 3.63) is 65.6 Å². The molecule has 1 aliphatic heterocycles. The zero-order valence-corrected chi connectivity index (χ0v) is 15.8. The fourth-order valence-electron chi connectivity index (χ4n) is 3.46. The van der Waals surface area contributed by atoms with Crippen LogP contribution in [0.15, 0.2) is 48.5 Å². The van der Waals surface area contributed by atoms with Gasteiger partial charge in [0.2, 0.25) is 0 Å². The fraction of sp³-hybridized carbons (Fsp3) is 0.200. The second kappa shape index (κ2) is 7.14. The van der Waals surface area contributed by atoms with Crippen molar-refractivity contribution in [1.82, 2.24) is 9.29 Å². The molecule has 0 spiro atoms. The van der Waals surface area contributed by atoms with Crippen molar-refractivity contribution >= 4 is 27.6 Å².